The monoisotopic (exact) mass is 170 g/mol. The molecule has 0 aromatic carbocycles. The van der Waals surface area contributed by atoms with Gasteiger partial charge in [0.1, 0.15) is 0 Å². The van der Waals surface area contributed by atoms with Crippen LogP contribution in [0.4, 0.5) is 13.2 Å². The molecule has 0 saturated heterocycles. The molecule has 66 valence electrons. The molecular weight excluding hydrogens is 161 g/mol. The quantitative estimate of drug-likeness (QED) is 0.598. The van der Waals surface area contributed by atoms with Crippen LogP contribution in [-0.2, 0) is 9.53 Å². The van der Waals surface area contributed by atoms with Gasteiger partial charge in [0.2, 0.25) is 6.43 Å². The Kier molecular flexibility index (Phi) is 4.65. The number of rotatable bonds is 4. The van der Waals surface area contributed by atoms with Crippen molar-refractivity contribution >= 4 is 5.97 Å². The summed E-state index contributed by atoms with van der Waals surface area (Å²) in [5.74, 6) is -1.09. The fourth-order valence-corrected chi connectivity index (χ4v) is 0.518. The first kappa shape index (κ1) is 10.3. The molecule has 1 unspecified atom stereocenters. The Bertz CT molecular complexity index is 127. The van der Waals surface area contributed by atoms with E-state index < -0.39 is 31.4 Å². The van der Waals surface area contributed by atoms with Crippen molar-refractivity contribution in [2.24, 2.45) is 0 Å². The van der Waals surface area contributed by atoms with Crippen LogP contribution in [0, 0.1) is 0 Å². The lowest BCUT2D eigenvalue weighted by atomic mass is 10.2. The molecule has 0 bridgehead atoms. The zero-order valence-corrected chi connectivity index (χ0v) is 6.02. The van der Waals surface area contributed by atoms with Crippen LogP contribution in [-0.4, -0.2) is 25.7 Å². The van der Waals surface area contributed by atoms with E-state index in [2.05, 4.69) is 4.74 Å². The molecule has 0 aliphatic rings. The molecule has 0 aromatic rings. The summed E-state index contributed by atoms with van der Waals surface area (Å²) in [5.41, 5.74) is 0. The first-order valence-electron chi connectivity index (χ1n) is 3.08. The molecular formula is C6H9F3O2. The van der Waals surface area contributed by atoms with E-state index in [0.29, 0.717) is 0 Å². The zero-order chi connectivity index (χ0) is 8.85. The van der Waals surface area contributed by atoms with E-state index >= 15 is 0 Å². The van der Waals surface area contributed by atoms with Crippen LogP contribution in [0.15, 0.2) is 0 Å². The van der Waals surface area contributed by atoms with Gasteiger partial charge >= 0.3 is 5.97 Å². The second-order valence-electron chi connectivity index (χ2n) is 1.96. The van der Waals surface area contributed by atoms with Crippen LogP contribution in [0.25, 0.3) is 0 Å². The number of ether oxygens (including phenoxy) is 1. The smallest absolute Gasteiger partial charge is 0.340 e. The van der Waals surface area contributed by atoms with E-state index in [1.165, 1.54) is 0 Å². The van der Waals surface area contributed by atoms with E-state index in [1.54, 1.807) is 0 Å². The van der Waals surface area contributed by atoms with Gasteiger partial charge in [-0.15, -0.1) is 0 Å². The maximum absolute atomic E-state index is 12.3. The van der Waals surface area contributed by atoms with Crippen LogP contribution < -0.4 is 0 Å². The summed E-state index contributed by atoms with van der Waals surface area (Å²) < 4.78 is 39.2. The molecule has 11 heavy (non-hydrogen) atoms. The van der Waals surface area contributed by atoms with E-state index in [0.717, 1.165) is 7.11 Å². The number of methoxy groups -OCH3 is 1. The molecule has 0 N–H and O–H groups in total. The van der Waals surface area contributed by atoms with Gasteiger partial charge in [0.15, 0.2) is 6.17 Å². The number of halogens is 3. The second kappa shape index (κ2) is 4.98. The molecule has 0 aromatic heterocycles. The number of hydrogen-bond acceptors (Lipinski definition) is 2. The van der Waals surface area contributed by atoms with E-state index in [-0.39, 0.29) is 0 Å². The Morgan fingerprint density at radius 2 is 1.91 bits per heavy atom. The average Bonchev–Trinajstić information content (AvgIpc) is 1.98. The third kappa shape index (κ3) is 4.64. The summed E-state index contributed by atoms with van der Waals surface area (Å²) in [6, 6.07) is 0. The van der Waals surface area contributed by atoms with Crippen molar-refractivity contribution in [3.8, 4) is 0 Å². The molecule has 0 radical (unpaired) electrons. The highest BCUT2D eigenvalue weighted by molar-refractivity contribution is 5.74. The molecule has 0 aliphatic carbocycles. The van der Waals surface area contributed by atoms with Crippen LogP contribution >= 0.6 is 0 Å². The van der Waals surface area contributed by atoms with Gasteiger partial charge in [-0.25, -0.2) is 18.0 Å². The minimum absolute atomic E-state index is 0.482. The normalized spacial score (nSPS) is 13.2. The molecule has 0 aliphatic heterocycles. The van der Waals surface area contributed by atoms with Crippen molar-refractivity contribution in [2.45, 2.75) is 25.4 Å². The van der Waals surface area contributed by atoms with Crippen molar-refractivity contribution < 1.29 is 22.7 Å². The van der Waals surface area contributed by atoms with E-state index in [4.69, 9.17) is 0 Å². The molecule has 5 heteroatoms. The van der Waals surface area contributed by atoms with Gasteiger partial charge in [-0.3, -0.25) is 0 Å². The van der Waals surface area contributed by atoms with Crippen LogP contribution in [0.5, 0.6) is 0 Å². The second-order valence-corrected chi connectivity index (χ2v) is 1.96. The first-order valence-corrected chi connectivity index (χ1v) is 3.08. The van der Waals surface area contributed by atoms with Crippen LogP contribution in [0.2, 0.25) is 0 Å². The van der Waals surface area contributed by atoms with Crippen molar-refractivity contribution in [2.75, 3.05) is 7.11 Å². The topological polar surface area (TPSA) is 26.3 Å². The predicted octanol–water partition coefficient (Wildman–Crippen LogP) is 1.54. The maximum Gasteiger partial charge on any atom is 0.340 e. The maximum atomic E-state index is 12.3. The molecule has 2 nitrogen and oxygen atoms in total. The molecule has 0 spiro atoms. The summed E-state index contributed by atoms with van der Waals surface area (Å²) in [7, 11) is 1.01. The molecule has 0 amide bonds. The van der Waals surface area contributed by atoms with E-state index in [9.17, 15) is 18.0 Å². The van der Waals surface area contributed by atoms with Gasteiger partial charge in [-0.2, -0.15) is 0 Å². The van der Waals surface area contributed by atoms with Crippen molar-refractivity contribution in [1.82, 2.24) is 0 Å². The summed E-state index contributed by atoms with van der Waals surface area (Å²) in [4.78, 5) is 10.3. The SMILES string of the molecule is COC(=O)C(F)CCC(F)F. The van der Waals surface area contributed by atoms with E-state index in [1.807, 2.05) is 0 Å². The molecule has 1 atom stereocenters. The van der Waals surface area contributed by atoms with Crippen LogP contribution in [0.1, 0.15) is 12.8 Å². The highest BCUT2D eigenvalue weighted by atomic mass is 19.3. The van der Waals surface area contributed by atoms with Crippen LogP contribution in [0.3, 0.4) is 0 Å². The molecule has 0 rings (SSSR count). The van der Waals surface area contributed by atoms with Crippen molar-refractivity contribution in [3.63, 3.8) is 0 Å². The fraction of sp³-hybridized carbons (Fsp3) is 0.833. The minimum atomic E-state index is -2.57. The Labute approximate surface area is 62.3 Å². The third-order valence-electron chi connectivity index (χ3n) is 1.10. The molecule has 0 fully saturated rings. The van der Waals surface area contributed by atoms with Gasteiger partial charge in [-0.1, -0.05) is 0 Å². The van der Waals surface area contributed by atoms with Gasteiger partial charge < -0.3 is 4.74 Å². The summed E-state index contributed by atoms with van der Waals surface area (Å²) >= 11 is 0. The first-order chi connectivity index (χ1) is 5.07. The van der Waals surface area contributed by atoms with Crippen molar-refractivity contribution in [3.05, 3.63) is 0 Å². The molecule has 0 heterocycles. The lowest BCUT2D eigenvalue weighted by Gasteiger charge is -2.04. The average molecular weight is 170 g/mol. The number of carbonyl (C=O) groups is 1. The fourth-order valence-electron chi connectivity index (χ4n) is 0.518. The largest absolute Gasteiger partial charge is 0.467 e. The summed E-state index contributed by atoms with van der Waals surface area (Å²) in [5, 5.41) is 0. The van der Waals surface area contributed by atoms with Gasteiger partial charge in [0, 0.05) is 6.42 Å². The Morgan fingerprint density at radius 3 is 2.27 bits per heavy atom. The van der Waals surface area contributed by atoms with Gasteiger partial charge in [0.05, 0.1) is 7.11 Å². The Hall–Kier alpha value is -0.740. The summed E-state index contributed by atoms with van der Waals surface area (Å²) in [6.07, 6.45) is -5.59. The zero-order valence-electron chi connectivity index (χ0n) is 6.02. The van der Waals surface area contributed by atoms with Crippen molar-refractivity contribution in [1.29, 1.82) is 0 Å². The minimum Gasteiger partial charge on any atom is -0.467 e. The van der Waals surface area contributed by atoms with Gasteiger partial charge in [0.25, 0.3) is 0 Å². The Morgan fingerprint density at radius 1 is 1.36 bits per heavy atom. The number of hydrogen-bond donors (Lipinski definition) is 0. The summed E-state index contributed by atoms with van der Waals surface area (Å²) in [6.45, 7) is 0. The van der Waals surface area contributed by atoms with Gasteiger partial charge in [-0.05, 0) is 6.42 Å². The Balaban J connectivity index is 3.52. The number of esters is 1. The lowest BCUT2D eigenvalue weighted by Crippen LogP contribution is -2.17. The number of alkyl halides is 3. The lowest BCUT2D eigenvalue weighted by molar-refractivity contribution is -0.146. The number of carbonyl (C=O) groups excluding carboxylic acids is 1. The highest BCUT2D eigenvalue weighted by Crippen LogP contribution is 2.09. The standard InChI is InChI=1S/C6H9F3O2/c1-11-6(10)4(7)2-3-5(8)9/h4-5H,2-3H2,1H3. The predicted molar refractivity (Wildman–Crippen MR) is 32.1 cm³/mol. The highest BCUT2D eigenvalue weighted by Gasteiger charge is 2.19. The molecule has 0 saturated carbocycles. The third-order valence-corrected chi connectivity index (χ3v) is 1.10.